The molecule has 0 bridgehead atoms. The maximum Gasteiger partial charge on any atom is 0.303 e. The van der Waals surface area contributed by atoms with E-state index >= 15 is 0 Å². The van der Waals surface area contributed by atoms with Gasteiger partial charge in [0.1, 0.15) is 26.8 Å². The van der Waals surface area contributed by atoms with Crippen LogP contribution in [0.4, 0.5) is 11.4 Å². The third-order valence-electron chi connectivity index (χ3n) is 12.7. The first-order chi connectivity index (χ1) is 32.0. The van der Waals surface area contributed by atoms with Crippen molar-refractivity contribution in [2.45, 2.75) is 106 Å². The number of halogens is 1. The largest absolute Gasteiger partial charge is 0.748 e. The number of nitrogens with zero attached hydrogens (tertiary/aromatic N) is 2. The van der Waals surface area contributed by atoms with E-state index in [0.717, 1.165) is 22.5 Å². The standard InChI is InChI=1S/C47H63ClN2O15S3.CH4/c1-46(21-9-31-66(53,54)55)38-32-36(67(56,57)58)16-18-41(38)50(24-26-64-29-30-65-28-27-63-4)42(46)19-13-34-10-8-11-35(45(34)48)14-20-43-47(2,22-25-62-3)39-33-37(68(59,60)61)15-17-40(39)49(43)23-7-5-6-12-44(51)52;/h13-20,32-33H,5-12,21-31H2,1-4H3,(H3-,51,52,53,54,55,56,57,58,59,60,61);1H4/p-2. The van der Waals surface area contributed by atoms with Crippen molar-refractivity contribution in [2.75, 3.05) is 77.6 Å². The number of unbranched alkanes of at least 4 members (excludes halogenated alkanes) is 2. The van der Waals surface area contributed by atoms with Gasteiger partial charge in [0.05, 0.1) is 51.8 Å². The highest BCUT2D eigenvalue weighted by molar-refractivity contribution is 7.86. The van der Waals surface area contributed by atoms with Crippen LogP contribution in [0, 0.1) is 0 Å². The summed E-state index contributed by atoms with van der Waals surface area (Å²) in [5.41, 5.74) is 3.59. The third-order valence-corrected chi connectivity index (χ3v) is 15.7. The predicted molar refractivity (Wildman–Crippen MR) is 259 cm³/mol. The van der Waals surface area contributed by atoms with Crippen molar-refractivity contribution in [3.63, 3.8) is 0 Å². The van der Waals surface area contributed by atoms with Crippen molar-refractivity contribution >= 4 is 65.0 Å². The second-order valence-electron chi connectivity index (χ2n) is 17.4. The molecule has 2 aliphatic heterocycles. The summed E-state index contributed by atoms with van der Waals surface area (Å²) in [5.74, 6) is -1.54. The Balaban J connectivity index is 0.0000104. The van der Waals surface area contributed by atoms with Crippen molar-refractivity contribution in [1.82, 2.24) is 0 Å². The second kappa shape index (κ2) is 25.0. The summed E-state index contributed by atoms with van der Waals surface area (Å²) >= 11 is 7.26. The number of aliphatic carboxylic acids is 1. The molecule has 0 amide bonds. The van der Waals surface area contributed by atoms with Crippen LogP contribution in [0.3, 0.4) is 0 Å². The average Bonchev–Trinajstić information content (AvgIpc) is 3.64. The van der Waals surface area contributed by atoms with E-state index in [1.54, 1.807) is 26.4 Å². The van der Waals surface area contributed by atoms with E-state index in [0.29, 0.717) is 105 Å². The molecule has 0 radical (unpaired) electrons. The Labute approximate surface area is 412 Å². The molecule has 0 saturated heterocycles. The average molecular weight is 1040 g/mol. The Morgan fingerprint density at radius 1 is 0.783 bits per heavy atom. The minimum Gasteiger partial charge on any atom is -0.748 e. The zero-order valence-electron chi connectivity index (χ0n) is 38.9. The lowest BCUT2D eigenvalue weighted by atomic mass is 9.75. The van der Waals surface area contributed by atoms with E-state index in [9.17, 15) is 48.8 Å². The molecule has 1 aliphatic carbocycles. The van der Waals surface area contributed by atoms with Crippen LogP contribution in [0.1, 0.15) is 96.6 Å². The fraction of sp³-hybridized carbons (Fsp3) is 0.542. The van der Waals surface area contributed by atoms with Gasteiger partial charge in [-0.05, 0) is 118 Å². The lowest BCUT2D eigenvalue weighted by molar-refractivity contribution is -0.442. The van der Waals surface area contributed by atoms with E-state index in [2.05, 4.69) is 4.90 Å². The van der Waals surface area contributed by atoms with E-state index in [1.165, 1.54) is 24.3 Å². The molecule has 0 aromatic heterocycles. The molecule has 2 atom stereocenters. The van der Waals surface area contributed by atoms with Crippen LogP contribution < -0.4 is 4.90 Å². The van der Waals surface area contributed by atoms with Crippen molar-refractivity contribution in [3.05, 3.63) is 93.7 Å². The Kier molecular flexibility index (Phi) is 21.0. The number of benzene rings is 2. The summed E-state index contributed by atoms with van der Waals surface area (Å²) in [4.78, 5) is 12.5. The van der Waals surface area contributed by atoms with Crippen molar-refractivity contribution in [2.24, 2.45) is 0 Å². The van der Waals surface area contributed by atoms with Crippen LogP contribution >= 0.6 is 11.6 Å². The summed E-state index contributed by atoms with van der Waals surface area (Å²) in [6, 6.07) is 8.44. The Morgan fingerprint density at radius 2 is 1.42 bits per heavy atom. The lowest BCUT2D eigenvalue weighted by Gasteiger charge is -2.30. The zero-order chi connectivity index (χ0) is 49.9. The number of methoxy groups -OCH3 is 2. The number of rotatable bonds is 27. The van der Waals surface area contributed by atoms with Crippen molar-refractivity contribution < 1.29 is 72.3 Å². The molecule has 2 unspecified atom stereocenters. The smallest absolute Gasteiger partial charge is 0.303 e. The molecule has 69 heavy (non-hydrogen) atoms. The number of anilines is 1. The van der Waals surface area contributed by atoms with E-state index in [-0.39, 0.29) is 51.3 Å². The summed E-state index contributed by atoms with van der Waals surface area (Å²) in [7, 11) is -11.1. The lowest BCUT2D eigenvalue weighted by Crippen LogP contribution is -2.33. The highest BCUT2D eigenvalue weighted by atomic mass is 35.5. The maximum absolute atomic E-state index is 12.3. The fourth-order valence-electron chi connectivity index (χ4n) is 9.20. The summed E-state index contributed by atoms with van der Waals surface area (Å²) in [6.07, 6.45) is 11.8. The summed E-state index contributed by atoms with van der Waals surface area (Å²) in [6.45, 7) is 6.49. The monoisotopic (exact) mass is 1040 g/mol. The highest BCUT2D eigenvalue weighted by Crippen LogP contribution is 2.51. The number of allylic oxidation sites excluding steroid dienone is 8. The van der Waals surface area contributed by atoms with Gasteiger partial charge in [0.2, 0.25) is 5.69 Å². The molecule has 0 fully saturated rings. The molecule has 2 aromatic carbocycles. The molecule has 3 aliphatic rings. The molecule has 2 heterocycles. The van der Waals surface area contributed by atoms with E-state index in [1.807, 2.05) is 42.7 Å². The first kappa shape index (κ1) is 57.8. The van der Waals surface area contributed by atoms with Gasteiger partial charge < -0.3 is 42.6 Å². The van der Waals surface area contributed by atoms with Gasteiger partial charge in [-0.25, -0.2) is 25.3 Å². The van der Waals surface area contributed by atoms with Crippen LogP contribution in [0.25, 0.3) is 0 Å². The SMILES string of the molecule is C.COCCOCCOCC[N+]1=C(C=CC2=C(Cl)C(=CC=C3N(CCCCCC(=O)O)c4ccc(S(=O)(=O)[O-])cc4C3(C)CCOC)CCC2)C(C)(CCCS(=O)(=O)[O-])c2cc(S(=O)(=O)[O-])ccc21. The molecular weight excluding hydrogens is 976 g/mol. The van der Waals surface area contributed by atoms with E-state index < -0.39 is 57.8 Å². The fourth-order valence-corrected chi connectivity index (χ4v) is 11.0. The minimum atomic E-state index is -4.88. The topological polar surface area (TPSA) is 252 Å². The van der Waals surface area contributed by atoms with Gasteiger partial charge >= 0.3 is 5.97 Å². The number of carboxylic acids is 1. The van der Waals surface area contributed by atoms with Crippen LogP contribution in [0.15, 0.2) is 92.4 Å². The quantitative estimate of drug-likeness (QED) is 0.0537. The van der Waals surface area contributed by atoms with Gasteiger partial charge in [-0.3, -0.25) is 4.79 Å². The number of hydrogen-bond donors (Lipinski definition) is 1. The number of fused-ring (bicyclic) bond motifs is 2. The zero-order valence-corrected chi connectivity index (χ0v) is 42.1. The molecular formula is C48H65ClN2O15S3-2. The number of carbonyl (C=O) groups is 1. The van der Waals surface area contributed by atoms with Crippen LogP contribution in [-0.4, -0.2) is 133 Å². The van der Waals surface area contributed by atoms with Gasteiger partial charge in [-0.1, -0.05) is 37.6 Å². The molecule has 2 aromatic rings. The third kappa shape index (κ3) is 14.9. The summed E-state index contributed by atoms with van der Waals surface area (Å²) < 4.78 is 133. The Hall–Kier alpha value is -3.80. The van der Waals surface area contributed by atoms with Gasteiger partial charge in [0, 0.05) is 79.1 Å². The van der Waals surface area contributed by atoms with Gasteiger partial charge in [-0.2, -0.15) is 4.58 Å². The Morgan fingerprint density at radius 3 is 2.06 bits per heavy atom. The van der Waals surface area contributed by atoms with Gasteiger partial charge in [-0.15, -0.1) is 0 Å². The number of carboxylic acid groups (broad SMARTS) is 1. The molecule has 0 spiro atoms. The predicted octanol–water partition coefficient (Wildman–Crippen LogP) is 6.99. The number of ether oxygens (including phenoxy) is 4. The molecule has 21 heteroatoms. The first-order valence-electron chi connectivity index (χ1n) is 22.5. The highest BCUT2D eigenvalue weighted by Gasteiger charge is 2.48. The van der Waals surface area contributed by atoms with Gasteiger partial charge in [0.25, 0.3) is 0 Å². The van der Waals surface area contributed by atoms with Crippen LogP contribution in [0.2, 0.25) is 0 Å². The summed E-state index contributed by atoms with van der Waals surface area (Å²) in [5, 5.41) is 9.68. The normalized spacial score (nSPS) is 20.9. The van der Waals surface area contributed by atoms with Crippen molar-refractivity contribution in [3.8, 4) is 0 Å². The Bertz CT molecular complexity index is 2660. The van der Waals surface area contributed by atoms with E-state index in [4.69, 9.17) is 30.5 Å². The van der Waals surface area contributed by atoms with Gasteiger partial charge in [0.15, 0.2) is 12.3 Å². The molecule has 5 rings (SSSR count). The molecule has 384 valence electrons. The minimum absolute atomic E-state index is 0. The molecule has 0 saturated carbocycles. The number of hydrogen-bond acceptors (Lipinski definition) is 15. The van der Waals surface area contributed by atoms with Crippen molar-refractivity contribution in [1.29, 1.82) is 0 Å². The molecule has 17 nitrogen and oxygen atoms in total. The molecule has 1 N–H and O–H groups in total. The maximum atomic E-state index is 12.3. The van der Waals surface area contributed by atoms with Crippen LogP contribution in [-0.2, 0) is 64.9 Å². The second-order valence-corrected chi connectivity index (χ2v) is 22.1. The van der Waals surface area contributed by atoms with Crippen LogP contribution in [0.5, 0.6) is 0 Å². The first-order valence-corrected chi connectivity index (χ1v) is 27.2.